The number of methoxy groups -OCH3 is 1. The average molecular weight is 355 g/mol. The first-order valence-electron chi connectivity index (χ1n) is 8.49. The summed E-state index contributed by atoms with van der Waals surface area (Å²) in [5, 5.41) is 0.393. The predicted molar refractivity (Wildman–Crippen MR) is 96.1 cm³/mol. The third-order valence-electron chi connectivity index (χ3n) is 4.33. The van der Waals surface area contributed by atoms with Crippen molar-refractivity contribution in [3.63, 3.8) is 0 Å². The van der Waals surface area contributed by atoms with Gasteiger partial charge in [0, 0.05) is 24.7 Å². The Kier molecular flexibility index (Phi) is 6.75. The Morgan fingerprint density at radius 1 is 1.46 bits per heavy atom. The Bertz CT molecular complexity index is 578. The van der Waals surface area contributed by atoms with E-state index in [4.69, 9.17) is 26.8 Å². The molecule has 134 valence electrons. The maximum atomic E-state index is 12.8. The van der Waals surface area contributed by atoms with Crippen molar-refractivity contribution in [1.29, 1.82) is 0 Å². The van der Waals surface area contributed by atoms with E-state index in [-0.39, 0.29) is 11.9 Å². The van der Waals surface area contributed by atoms with E-state index in [0.717, 1.165) is 25.8 Å². The minimum atomic E-state index is -0.0584. The van der Waals surface area contributed by atoms with Crippen LogP contribution in [0.1, 0.15) is 43.5 Å². The van der Waals surface area contributed by atoms with Crippen LogP contribution >= 0.6 is 11.6 Å². The number of hydrogen-bond acceptors (Lipinski definition) is 4. The molecule has 0 aliphatic carbocycles. The zero-order valence-corrected chi connectivity index (χ0v) is 15.4. The van der Waals surface area contributed by atoms with Gasteiger partial charge in [-0.2, -0.15) is 0 Å². The molecule has 0 saturated carbocycles. The lowest BCUT2D eigenvalue weighted by Gasteiger charge is -2.24. The molecule has 1 aliphatic heterocycles. The molecule has 1 heterocycles. The molecule has 1 unspecified atom stereocenters. The fourth-order valence-corrected chi connectivity index (χ4v) is 3.16. The number of amides is 1. The maximum absolute atomic E-state index is 12.8. The number of likely N-dealkylation sites (tertiary alicyclic amines) is 1. The van der Waals surface area contributed by atoms with E-state index in [1.54, 1.807) is 19.2 Å². The molecule has 5 nitrogen and oxygen atoms in total. The molecule has 0 aromatic heterocycles. The van der Waals surface area contributed by atoms with E-state index in [2.05, 4.69) is 13.8 Å². The van der Waals surface area contributed by atoms with E-state index in [0.29, 0.717) is 41.2 Å². The number of carbonyl (C=O) groups is 1. The summed E-state index contributed by atoms with van der Waals surface area (Å²) in [4.78, 5) is 14.6. The molecule has 0 radical (unpaired) electrons. The summed E-state index contributed by atoms with van der Waals surface area (Å²) in [6.07, 6.45) is 2.85. The number of ether oxygens (including phenoxy) is 2. The molecule has 1 aromatic rings. The van der Waals surface area contributed by atoms with Gasteiger partial charge in [0.05, 0.1) is 18.7 Å². The number of hydrogen-bond donors (Lipinski definition) is 1. The van der Waals surface area contributed by atoms with Crippen molar-refractivity contribution in [3.8, 4) is 11.5 Å². The zero-order chi connectivity index (χ0) is 17.7. The molecule has 24 heavy (non-hydrogen) atoms. The van der Waals surface area contributed by atoms with Gasteiger partial charge < -0.3 is 20.1 Å². The highest BCUT2D eigenvalue weighted by Crippen LogP contribution is 2.37. The molecule has 1 aliphatic rings. The largest absolute Gasteiger partial charge is 0.493 e. The molecule has 6 heteroatoms. The zero-order valence-electron chi connectivity index (χ0n) is 14.7. The first-order valence-corrected chi connectivity index (χ1v) is 8.87. The summed E-state index contributed by atoms with van der Waals surface area (Å²) >= 11 is 6.35. The minimum Gasteiger partial charge on any atom is -0.493 e. The second kappa shape index (κ2) is 8.58. The van der Waals surface area contributed by atoms with Crippen molar-refractivity contribution < 1.29 is 14.3 Å². The molecule has 1 fully saturated rings. The van der Waals surface area contributed by atoms with Crippen LogP contribution in [0.3, 0.4) is 0 Å². The number of rotatable bonds is 7. The lowest BCUT2D eigenvalue weighted by Crippen LogP contribution is -2.39. The Labute approximate surface area is 149 Å². The van der Waals surface area contributed by atoms with Gasteiger partial charge >= 0.3 is 0 Å². The van der Waals surface area contributed by atoms with Gasteiger partial charge in [-0.1, -0.05) is 25.4 Å². The monoisotopic (exact) mass is 354 g/mol. The summed E-state index contributed by atoms with van der Waals surface area (Å²) in [5.74, 6) is 1.46. The van der Waals surface area contributed by atoms with E-state index in [9.17, 15) is 4.79 Å². The highest BCUT2D eigenvalue weighted by molar-refractivity contribution is 6.32. The van der Waals surface area contributed by atoms with Crippen LogP contribution in [-0.4, -0.2) is 43.7 Å². The highest BCUT2D eigenvalue weighted by Gasteiger charge is 2.29. The summed E-state index contributed by atoms with van der Waals surface area (Å²) in [6.45, 7) is 6.03. The van der Waals surface area contributed by atoms with E-state index in [1.807, 2.05) is 4.90 Å². The standard InChI is InChI=1S/C18H27ClN2O3/c1-12(2)6-8-24-17-15(19)9-13(10-16(17)23-3)18(22)21-7-4-5-14(21)11-20/h9-10,12,14H,4-8,11,20H2,1-3H3. The molecular weight excluding hydrogens is 328 g/mol. The average Bonchev–Trinajstić information content (AvgIpc) is 3.03. The van der Waals surface area contributed by atoms with Crippen LogP contribution in [0.25, 0.3) is 0 Å². The summed E-state index contributed by atoms with van der Waals surface area (Å²) in [5.41, 5.74) is 6.27. The lowest BCUT2D eigenvalue weighted by atomic mass is 10.1. The molecular formula is C18H27ClN2O3. The SMILES string of the molecule is COc1cc(C(=O)N2CCCC2CN)cc(Cl)c1OCCC(C)C. The van der Waals surface area contributed by atoms with Crippen LogP contribution in [-0.2, 0) is 0 Å². The normalized spacial score (nSPS) is 17.4. The van der Waals surface area contributed by atoms with Gasteiger partial charge in [0.25, 0.3) is 5.91 Å². The number of nitrogens with zero attached hydrogens (tertiary/aromatic N) is 1. The molecule has 1 amide bonds. The number of carbonyl (C=O) groups excluding carboxylic acids is 1. The maximum Gasteiger partial charge on any atom is 0.254 e. The van der Waals surface area contributed by atoms with Crippen LogP contribution in [0.2, 0.25) is 5.02 Å². The summed E-state index contributed by atoms with van der Waals surface area (Å²) in [7, 11) is 1.55. The van der Waals surface area contributed by atoms with Gasteiger partial charge in [0.1, 0.15) is 0 Å². The van der Waals surface area contributed by atoms with Gasteiger partial charge in [0.2, 0.25) is 0 Å². The van der Waals surface area contributed by atoms with Gasteiger partial charge in [-0.3, -0.25) is 4.79 Å². The Hall–Kier alpha value is -1.46. The van der Waals surface area contributed by atoms with Crippen LogP contribution in [0.15, 0.2) is 12.1 Å². The molecule has 2 N–H and O–H groups in total. The van der Waals surface area contributed by atoms with Crippen molar-refractivity contribution in [3.05, 3.63) is 22.7 Å². The van der Waals surface area contributed by atoms with Crippen LogP contribution in [0, 0.1) is 5.92 Å². The second-order valence-corrected chi connectivity index (χ2v) is 6.96. The quantitative estimate of drug-likeness (QED) is 0.815. The minimum absolute atomic E-state index is 0.0584. The van der Waals surface area contributed by atoms with Gasteiger partial charge in [-0.15, -0.1) is 0 Å². The van der Waals surface area contributed by atoms with Gasteiger partial charge in [-0.25, -0.2) is 0 Å². The second-order valence-electron chi connectivity index (χ2n) is 6.55. The third kappa shape index (κ3) is 4.33. The Morgan fingerprint density at radius 3 is 2.83 bits per heavy atom. The van der Waals surface area contributed by atoms with Crippen molar-refractivity contribution in [2.75, 3.05) is 26.8 Å². The van der Waals surface area contributed by atoms with E-state index < -0.39 is 0 Å². The van der Waals surface area contributed by atoms with Crippen LogP contribution in [0.5, 0.6) is 11.5 Å². The molecule has 0 bridgehead atoms. The fourth-order valence-electron chi connectivity index (χ4n) is 2.89. The van der Waals surface area contributed by atoms with Crippen molar-refractivity contribution in [2.24, 2.45) is 11.7 Å². The fraction of sp³-hybridized carbons (Fsp3) is 0.611. The van der Waals surface area contributed by atoms with Gasteiger partial charge in [0.15, 0.2) is 11.5 Å². The van der Waals surface area contributed by atoms with E-state index >= 15 is 0 Å². The Balaban J connectivity index is 2.20. The van der Waals surface area contributed by atoms with Crippen molar-refractivity contribution >= 4 is 17.5 Å². The number of halogens is 1. The van der Waals surface area contributed by atoms with Crippen molar-refractivity contribution in [1.82, 2.24) is 4.90 Å². The summed E-state index contributed by atoms with van der Waals surface area (Å²) in [6, 6.07) is 3.46. The first-order chi connectivity index (χ1) is 11.5. The van der Waals surface area contributed by atoms with Crippen LogP contribution in [0.4, 0.5) is 0 Å². The van der Waals surface area contributed by atoms with E-state index in [1.165, 1.54) is 0 Å². The number of benzene rings is 1. The molecule has 1 aromatic carbocycles. The molecule has 2 rings (SSSR count). The van der Waals surface area contributed by atoms with Crippen LogP contribution < -0.4 is 15.2 Å². The predicted octanol–water partition coefficient (Wildman–Crippen LogP) is 3.34. The third-order valence-corrected chi connectivity index (χ3v) is 4.61. The molecule has 1 atom stereocenters. The number of nitrogens with two attached hydrogens (primary N) is 1. The van der Waals surface area contributed by atoms with Crippen molar-refractivity contribution in [2.45, 2.75) is 39.2 Å². The topological polar surface area (TPSA) is 64.8 Å². The van der Waals surface area contributed by atoms with Gasteiger partial charge in [-0.05, 0) is 37.3 Å². The molecule has 1 saturated heterocycles. The smallest absolute Gasteiger partial charge is 0.254 e. The highest BCUT2D eigenvalue weighted by atomic mass is 35.5. The lowest BCUT2D eigenvalue weighted by molar-refractivity contribution is 0.0740. The Morgan fingerprint density at radius 2 is 2.21 bits per heavy atom. The summed E-state index contributed by atoms with van der Waals surface area (Å²) < 4.78 is 11.2. The first kappa shape index (κ1) is 18.9. The molecule has 0 spiro atoms.